The number of hydrogen-bond donors (Lipinski definition) is 1. The average Bonchev–Trinajstić information content (AvgIpc) is 2.53. The molecule has 0 aliphatic heterocycles. The molecule has 0 aromatic heterocycles. The molecule has 0 aliphatic carbocycles. The average molecular weight is 295 g/mol. The number of rotatable bonds is 13. The zero-order valence-corrected chi connectivity index (χ0v) is 13.3. The molecule has 0 spiro atoms. The predicted molar refractivity (Wildman–Crippen MR) is 85.9 cm³/mol. The molecule has 0 fully saturated rings. The molecule has 0 saturated heterocycles. The Morgan fingerprint density at radius 3 is 2.43 bits per heavy atom. The van der Waals surface area contributed by atoms with Crippen LogP contribution < -0.4 is 5.32 Å². The van der Waals surface area contributed by atoms with Gasteiger partial charge in [-0.3, -0.25) is 0 Å². The number of methoxy groups -OCH3 is 2. The lowest BCUT2D eigenvalue weighted by Crippen LogP contribution is -2.25. The maximum atomic E-state index is 5.54. The van der Waals surface area contributed by atoms with E-state index in [9.17, 15) is 0 Å². The van der Waals surface area contributed by atoms with Gasteiger partial charge in [0, 0.05) is 33.9 Å². The van der Waals surface area contributed by atoms with Crippen LogP contribution in [-0.2, 0) is 14.2 Å². The van der Waals surface area contributed by atoms with E-state index in [1.165, 1.54) is 5.56 Å². The molecule has 1 unspecified atom stereocenters. The van der Waals surface area contributed by atoms with Gasteiger partial charge in [0.05, 0.1) is 19.8 Å². The molecule has 1 aromatic rings. The Balaban J connectivity index is 2.30. The third-order valence-electron chi connectivity index (χ3n) is 3.42. The molecule has 21 heavy (non-hydrogen) atoms. The Morgan fingerprint density at radius 1 is 0.952 bits per heavy atom. The first-order valence-electron chi connectivity index (χ1n) is 7.69. The van der Waals surface area contributed by atoms with Crippen molar-refractivity contribution >= 4 is 0 Å². The van der Waals surface area contributed by atoms with Gasteiger partial charge in [-0.05, 0) is 24.3 Å². The number of nitrogens with one attached hydrogen (secondary N) is 1. The molecule has 0 bridgehead atoms. The molecule has 1 N–H and O–H groups in total. The number of ether oxygens (including phenoxy) is 3. The topological polar surface area (TPSA) is 39.7 Å². The Morgan fingerprint density at radius 2 is 1.71 bits per heavy atom. The first-order valence-corrected chi connectivity index (χ1v) is 7.69. The zero-order chi connectivity index (χ0) is 15.2. The normalized spacial score (nSPS) is 12.5. The van der Waals surface area contributed by atoms with E-state index in [0.717, 1.165) is 39.1 Å². The van der Waals surface area contributed by atoms with Crippen LogP contribution in [0.3, 0.4) is 0 Å². The summed E-state index contributed by atoms with van der Waals surface area (Å²) in [5.41, 5.74) is 1.39. The van der Waals surface area contributed by atoms with Gasteiger partial charge >= 0.3 is 0 Å². The van der Waals surface area contributed by atoms with Crippen LogP contribution in [0.15, 0.2) is 30.3 Å². The lowest BCUT2D eigenvalue weighted by Gasteiger charge is -2.18. The van der Waals surface area contributed by atoms with Crippen molar-refractivity contribution in [1.29, 1.82) is 0 Å². The van der Waals surface area contributed by atoms with Crippen molar-refractivity contribution in [2.24, 2.45) is 0 Å². The van der Waals surface area contributed by atoms with Gasteiger partial charge in [-0.15, -0.1) is 0 Å². The van der Waals surface area contributed by atoms with Crippen LogP contribution >= 0.6 is 0 Å². The minimum absolute atomic E-state index is 0.522. The molecular weight excluding hydrogens is 266 g/mol. The fourth-order valence-corrected chi connectivity index (χ4v) is 2.24. The molecule has 1 rings (SSSR count). The maximum absolute atomic E-state index is 5.54. The van der Waals surface area contributed by atoms with E-state index >= 15 is 0 Å². The molecule has 1 aromatic carbocycles. The van der Waals surface area contributed by atoms with Gasteiger partial charge in [0.2, 0.25) is 0 Å². The summed E-state index contributed by atoms with van der Waals surface area (Å²) in [5, 5.41) is 3.46. The van der Waals surface area contributed by atoms with Crippen LogP contribution in [0.25, 0.3) is 0 Å². The second kappa shape index (κ2) is 12.8. The van der Waals surface area contributed by atoms with E-state index in [0.29, 0.717) is 19.1 Å². The van der Waals surface area contributed by atoms with E-state index in [4.69, 9.17) is 14.2 Å². The van der Waals surface area contributed by atoms with Crippen molar-refractivity contribution in [3.8, 4) is 0 Å². The Hall–Kier alpha value is -0.940. The minimum atomic E-state index is 0.522. The molecule has 4 nitrogen and oxygen atoms in total. The lowest BCUT2D eigenvalue weighted by atomic mass is 9.94. The van der Waals surface area contributed by atoms with E-state index < -0.39 is 0 Å². The van der Waals surface area contributed by atoms with E-state index in [1.54, 1.807) is 14.2 Å². The van der Waals surface area contributed by atoms with Gasteiger partial charge in [0.25, 0.3) is 0 Å². The second-order valence-corrected chi connectivity index (χ2v) is 5.05. The summed E-state index contributed by atoms with van der Waals surface area (Å²) in [6.45, 7) is 4.77. The third-order valence-corrected chi connectivity index (χ3v) is 3.42. The van der Waals surface area contributed by atoms with Crippen molar-refractivity contribution in [2.75, 3.05) is 53.7 Å². The molecule has 0 saturated carbocycles. The molecule has 120 valence electrons. The SMILES string of the molecule is COCCNCC(CCCOCCOC)c1ccccc1. The van der Waals surface area contributed by atoms with Crippen LogP contribution in [0.5, 0.6) is 0 Å². The largest absolute Gasteiger partial charge is 0.383 e. The summed E-state index contributed by atoms with van der Waals surface area (Å²) < 4.78 is 15.6. The highest BCUT2D eigenvalue weighted by atomic mass is 16.5. The van der Waals surface area contributed by atoms with Crippen molar-refractivity contribution < 1.29 is 14.2 Å². The highest BCUT2D eigenvalue weighted by Gasteiger charge is 2.10. The standard InChI is InChI=1S/C17H29NO3/c1-19-12-10-18-15-17(16-7-4-3-5-8-16)9-6-11-21-14-13-20-2/h3-5,7-8,17-18H,6,9-15H2,1-2H3. The Bertz CT molecular complexity index is 332. The summed E-state index contributed by atoms with van der Waals surface area (Å²) in [6.07, 6.45) is 2.19. The predicted octanol–water partition coefficient (Wildman–Crippen LogP) is 2.45. The van der Waals surface area contributed by atoms with Crippen LogP contribution in [0.1, 0.15) is 24.3 Å². The van der Waals surface area contributed by atoms with Crippen molar-refractivity contribution in [2.45, 2.75) is 18.8 Å². The van der Waals surface area contributed by atoms with Crippen molar-refractivity contribution in [3.05, 3.63) is 35.9 Å². The quantitative estimate of drug-likeness (QED) is 0.567. The molecule has 0 amide bonds. The second-order valence-electron chi connectivity index (χ2n) is 5.05. The Labute approximate surface area is 128 Å². The van der Waals surface area contributed by atoms with Crippen LogP contribution in [0, 0.1) is 0 Å². The van der Waals surface area contributed by atoms with Gasteiger partial charge in [-0.25, -0.2) is 0 Å². The molecule has 0 aliphatic rings. The molecule has 0 heterocycles. The first kappa shape index (κ1) is 18.1. The van der Waals surface area contributed by atoms with Crippen LogP contribution in [0.2, 0.25) is 0 Å². The minimum Gasteiger partial charge on any atom is -0.383 e. The van der Waals surface area contributed by atoms with E-state index in [2.05, 4.69) is 35.6 Å². The fourth-order valence-electron chi connectivity index (χ4n) is 2.24. The van der Waals surface area contributed by atoms with Gasteiger partial charge in [0.1, 0.15) is 0 Å². The Kier molecular flexibility index (Phi) is 11.0. The fraction of sp³-hybridized carbons (Fsp3) is 0.647. The smallest absolute Gasteiger partial charge is 0.0700 e. The van der Waals surface area contributed by atoms with E-state index in [1.807, 2.05) is 0 Å². The van der Waals surface area contributed by atoms with Gasteiger partial charge in [-0.2, -0.15) is 0 Å². The van der Waals surface area contributed by atoms with Crippen LogP contribution in [0.4, 0.5) is 0 Å². The van der Waals surface area contributed by atoms with Crippen molar-refractivity contribution in [3.63, 3.8) is 0 Å². The van der Waals surface area contributed by atoms with E-state index in [-0.39, 0.29) is 0 Å². The molecular formula is C17H29NO3. The molecule has 0 radical (unpaired) electrons. The summed E-state index contributed by atoms with van der Waals surface area (Å²) in [4.78, 5) is 0. The highest BCUT2D eigenvalue weighted by molar-refractivity contribution is 5.19. The molecule has 1 atom stereocenters. The third kappa shape index (κ3) is 8.83. The maximum Gasteiger partial charge on any atom is 0.0700 e. The molecule has 4 heteroatoms. The van der Waals surface area contributed by atoms with Gasteiger partial charge < -0.3 is 19.5 Å². The zero-order valence-electron chi connectivity index (χ0n) is 13.3. The lowest BCUT2D eigenvalue weighted by molar-refractivity contribution is 0.0681. The number of benzene rings is 1. The summed E-state index contributed by atoms with van der Waals surface area (Å²) >= 11 is 0. The summed E-state index contributed by atoms with van der Waals surface area (Å²) in [5.74, 6) is 0.522. The summed E-state index contributed by atoms with van der Waals surface area (Å²) in [6, 6.07) is 10.7. The summed E-state index contributed by atoms with van der Waals surface area (Å²) in [7, 11) is 3.42. The van der Waals surface area contributed by atoms with Gasteiger partial charge in [0.15, 0.2) is 0 Å². The number of hydrogen-bond acceptors (Lipinski definition) is 4. The highest BCUT2D eigenvalue weighted by Crippen LogP contribution is 2.20. The van der Waals surface area contributed by atoms with Gasteiger partial charge in [-0.1, -0.05) is 30.3 Å². The first-order chi connectivity index (χ1) is 10.4. The monoisotopic (exact) mass is 295 g/mol. The van der Waals surface area contributed by atoms with Crippen LogP contribution in [-0.4, -0.2) is 53.7 Å². The van der Waals surface area contributed by atoms with Crippen molar-refractivity contribution in [1.82, 2.24) is 5.32 Å².